The Labute approximate surface area is 136 Å². The molecule has 0 aliphatic heterocycles. The molecule has 1 aromatic rings. The summed E-state index contributed by atoms with van der Waals surface area (Å²) in [6.07, 6.45) is -1.39. The molecule has 0 saturated heterocycles. The number of rotatable bonds is 6. The molecule has 7 heteroatoms. The Hall–Kier alpha value is -1.11. The van der Waals surface area contributed by atoms with Crippen LogP contribution in [0.5, 0.6) is 0 Å². The lowest BCUT2D eigenvalue weighted by Crippen LogP contribution is -2.33. The lowest BCUT2D eigenvalue weighted by molar-refractivity contribution is -0.167. The van der Waals surface area contributed by atoms with Crippen LogP contribution in [0.15, 0.2) is 22.7 Å². The Morgan fingerprint density at radius 2 is 1.76 bits per heavy atom. The molecular weight excluding hydrogens is 364 g/mol. The van der Waals surface area contributed by atoms with E-state index in [4.69, 9.17) is 21.1 Å². The van der Waals surface area contributed by atoms with Gasteiger partial charge in [0.1, 0.15) is 6.10 Å². The highest BCUT2D eigenvalue weighted by atomic mass is 79.9. The van der Waals surface area contributed by atoms with E-state index in [1.54, 1.807) is 26.0 Å². The van der Waals surface area contributed by atoms with Crippen molar-refractivity contribution >= 4 is 39.5 Å². The van der Waals surface area contributed by atoms with Crippen molar-refractivity contribution in [1.29, 1.82) is 0 Å². The maximum atomic E-state index is 11.9. The standard InChI is InChI=1S/C14H16BrClO5/c1-3-20-13(18)11(14(19)21-4-2)12(17)9-6-5-8(16)7-10(9)15/h5-7,11-12,17H,3-4H2,1-2H3. The molecule has 0 heterocycles. The van der Waals surface area contributed by atoms with Gasteiger partial charge in [-0.3, -0.25) is 9.59 Å². The molecule has 5 nitrogen and oxygen atoms in total. The summed E-state index contributed by atoms with van der Waals surface area (Å²) in [4.78, 5) is 23.9. The Morgan fingerprint density at radius 3 is 2.19 bits per heavy atom. The van der Waals surface area contributed by atoms with Crippen LogP contribution in [0.2, 0.25) is 5.02 Å². The fourth-order valence-corrected chi connectivity index (χ4v) is 2.66. The van der Waals surface area contributed by atoms with Gasteiger partial charge in [0.15, 0.2) is 5.92 Å². The van der Waals surface area contributed by atoms with E-state index in [-0.39, 0.29) is 13.2 Å². The third kappa shape index (κ3) is 4.69. The molecule has 0 radical (unpaired) electrons. The number of halogens is 2. The third-order valence-electron chi connectivity index (χ3n) is 2.68. The summed E-state index contributed by atoms with van der Waals surface area (Å²) < 4.78 is 10.2. The number of esters is 2. The number of aliphatic hydroxyl groups excluding tert-OH is 1. The maximum absolute atomic E-state index is 11.9. The number of aliphatic hydroxyl groups is 1. The van der Waals surface area contributed by atoms with Gasteiger partial charge in [-0.25, -0.2) is 0 Å². The highest BCUT2D eigenvalue weighted by molar-refractivity contribution is 9.10. The van der Waals surface area contributed by atoms with E-state index in [1.807, 2.05) is 0 Å². The summed E-state index contributed by atoms with van der Waals surface area (Å²) in [6, 6.07) is 4.65. The average molecular weight is 380 g/mol. The number of hydrogen-bond acceptors (Lipinski definition) is 5. The molecule has 0 bridgehead atoms. The minimum atomic E-state index is -1.44. The Morgan fingerprint density at radius 1 is 1.24 bits per heavy atom. The van der Waals surface area contributed by atoms with Crippen molar-refractivity contribution in [3.63, 3.8) is 0 Å². The van der Waals surface area contributed by atoms with Crippen LogP contribution in [0.3, 0.4) is 0 Å². The average Bonchev–Trinajstić information content (AvgIpc) is 2.39. The summed E-state index contributed by atoms with van der Waals surface area (Å²) >= 11 is 9.07. The predicted molar refractivity (Wildman–Crippen MR) is 80.9 cm³/mol. The number of carbonyl (C=O) groups is 2. The number of benzene rings is 1. The minimum absolute atomic E-state index is 0.100. The molecule has 1 rings (SSSR count). The molecule has 0 saturated carbocycles. The van der Waals surface area contributed by atoms with Crippen LogP contribution < -0.4 is 0 Å². The van der Waals surface area contributed by atoms with Crippen LogP contribution in [0.1, 0.15) is 25.5 Å². The molecule has 0 aliphatic carbocycles. The first kappa shape index (κ1) is 17.9. The normalized spacial score (nSPS) is 12.1. The molecule has 0 spiro atoms. The van der Waals surface area contributed by atoms with Crippen LogP contribution in [0.4, 0.5) is 0 Å². The van der Waals surface area contributed by atoms with E-state index in [2.05, 4.69) is 15.9 Å². The molecular formula is C14H16BrClO5. The van der Waals surface area contributed by atoms with Crippen molar-refractivity contribution in [1.82, 2.24) is 0 Å². The van der Waals surface area contributed by atoms with E-state index < -0.39 is 24.0 Å². The second kappa shape index (κ2) is 8.36. The largest absolute Gasteiger partial charge is 0.465 e. The van der Waals surface area contributed by atoms with Gasteiger partial charge in [-0.2, -0.15) is 0 Å². The number of carbonyl (C=O) groups excluding carboxylic acids is 2. The van der Waals surface area contributed by atoms with Gasteiger partial charge in [0.2, 0.25) is 0 Å². The van der Waals surface area contributed by atoms with Gasteiger partial charge in [0.25, 0.3) is 0 Å². The quantitative estimate of drug-likeness (QED) is 0.608. The molecule has 0 aromatic heterocycles. The van der Waals surface area contributed by atoms with Gasteiger partial charge >= 0.3 is 11.9 Å². The zero-order chi connectivity index (χ0) is 16.0. The second-order valence-corrected chi connectivity index (χ2v) is 5.38. The van der Waals surface area contributed by atoms with E-state index in [0.717, 1.165) is 0 Å². The molecule has 1 unspecified atom stereocenters. The maximum Gasteiger partial charge on any atom is 0.323 e. The van der Waals surface area contributed by atoms with Crippen molar-refractivity contribution in [2.45, 2.75) is 20.0 Å². The van der Waals surface area contributed by atoms with Gasteiger partial charge in [0.05, 0.1) is 13.2 Å². The van der Waals surface area contributed by atoms with Crippen molar-refractivity contribution in [2.24, 2.45) is 5.92 Å². The molecule has 21 heavy (non-hydrogen) atoms. The van der Waals surface area contributed by atoms with Crippen molar-refractivity contribution in [3.8, 4) is 0 Å². The van der Waals surface area contributed by atoms with Crippen LogP contribution in [-0.4, -0.2) is 30.3 Å². The lowest BCUT2D eigenvalue weighted by atomic mass is 9.96. The van der Waals surface area contributed by atoms with Gasteiger partial charge in [-0.05, 0) is 31.5 Å². The molecule has 0 amide bonds. The first-order valence-corrected chi connectivity index (χ1v) is 7.55. The van der Waals surface area contributed by atoms with Crippen LogP contribution in [0, 0.1) is 5.92 Å². The van der Waals surface area contributed by atoms with E-state index >= 15 is 0 Å². The summed E-state index contributed by atoms with van der Waals surface area (Å²) in [7, 11) is 0. The van der Waals surface area contributed by atoms with Gasteiger partial charge in [-0.1, -0.05) is 33.6 Å². The SMILES string of the molecule is CCOC(=O)C(C(=O)OCC)C(O)c1ccc(Cl)cc1Br. The Bertz CT molecular complexity index is 502. The van der Waals surface area contributed by atoms with E-state index in [1.165, 1.54) is 6.07 Å². The number of hydrogen-bond donors (Lipinski definition) is 1. The Balaban J connectivity index is 3.11. The molecule has 116 valence electrons. The van der Waals surface area contributed by atoms with E-state index in [0.29, 0.717) is 15.1 Å². The molecule has 1 aromatic carbocycles. The van der Waals surface area contributed by atoms with Gasteiger partial charge in [0, 0.05) is 9.50 Å². The molecule has 0 fully saturated rings. The first-order chi connectivity index (χ1) is 9.92. The van der Waals surface area contributed by atoms with Crippen LogP contribution in [0.25, 0.3) is 0 Å². The first-order valence-electron chi connectivity index (χ1n) is 6.38. The summed E-state index contributed by atoms with van der Waals surface area (Å²) in [5.74, 6) is -3.10. The molecule has 0 aliphatic rings. The summed E-state index contributed by atoms with van der Waals surface area (Å²) in [5, 5.41) is 10.8. The summed E-state index contributed by atoms with van der Waals surface area (Å²) in [6.45, 7) is 3.43. The van der Waals surface area contributed by atoms with Crippen molar-refractivity contribution in [3.05, 3.63) is 33.3 Å². The molecule has 1 N–H and O–H groups in total. The monoisotopic (exact) mass is 378 g/mol. The lowest BCUT2D eigenvalue weighted by Gasteiger charge is -2.21. The van der Waals surface area contributed by atoms with Crippen molar-refractivity contribution < 1.29 is 24.2 Å². The summed E-state index contributed by atoms with van der Waals surface area (Å²) in [5.41, 5.74) is 0.352. The second-order valence-electron chi connectivity index (χ2n) is 4.09. The minimum Gasteiger partial charge on any atom is -0.465 e. The van der Waals surface area contributed by atoms with Gasteiger partial charge < -0.3 is 14.6 Å². The highest BCUT2D eigenvalue weighted by Gasteiger charge is 2.38. The smallest absolute Gasteiger partial charge is 0.323 e. The third-order valence-corrected chi connectivity index (χ3v) is 3.60. The highest BCUT2D eigenvalue weighted by Crippen LogP contribution is 2.32. The number of ether oxygens (including phenoxy) is 2. The zero-order valence-electron chi connectivity index (χ0n) is 11.6. The van der Waals surface area contributed by atoms with E-state index in [9.17, 15) is 14.7 Å². The van der Waals surface area contributed by atoms with Crippen LogP contribution in [-0.2, 0) is 19.1 Å². The fraction of sp³-hybridized carbons (Fsp3) is 0.429. The zero-order valence-corrected chi connectivity index (χ0v) is 14.0. The topological polar surface area (TPSA) is 72.8 Å². The predicted octanol–water partition coefficient (Wildman–Crippen LogP) is 2.88. The van der Waals surface area contributed by atoms with Crippen molar-refractivity contribution in [2.75, 3.05) is 13.2 Å². The molecule has 1 atom stereocenters. The fourth-order valence-electron chi connectivity index (χ4n) is 1.74. The van der Waals surface area contributed by atoms with Gasteiger partial charge in [-0.15, -0.1) is 0 Å². The Kier molecular flexibility index (Phi) is 7.14. The van der Waals surface area contributed by atoms with Crippen LogP contribution >= 0.6 is 27.5 Å².